The van der Waals surface area contributed by atoms with E-state index in [4.69, 9.17) is 21.6 Å². The monoisotopic (exact) mass is 583 g/mol. The fourth-order valence-electron chi connectivity index (χ4n) is 5.16. The summed E-state index contributed by atoms with van der Waals surface area (Å²) >= 11 is 5.85. The van der Waals surface area contributed by atoms with Crippen LogP contribution < -0.4 is 15.5 Å². The lowest BCUT2D eigenvalue weighted by atomic mass is 10.2. The molecule has 0 radical (unpaired) electrons. The van der Waals surface area contributed by atoms with Crippen molar-refractivity contribution in [3.8, 4) is 0 Å². The van der Waals surface area contributed by atoms with E-state index in [0.29, 0.717) is 49.2 Å². The quantitative estimate of drug-likeness (QED) is 0.406. The highest BCUT2D eigenvalue weighted by Gasteiger charge is 2.29. The van der Waals surface area contributed by atoms with Crippen LogP contribution in [-0.4, -0.2) is 93.2 Å². The van der Waals surface area contributed by atoms with Gasteiger partial charge in [0.15, 0.2) is 0 Å². The lowest BCUT2D eigenvalue weighted by Gasteiger charge is -2.35. The van der Waals surface area contributed by atoms with Crippen molar-refractivity contribution < 1.29 is 14.0 Å². The van der Waals surface area contributed by atoms with E-state index in [9.17, 15) is 14.0 Å². The lowest BCUT2D eigenvalue weighted by molar-refractivity contribution is 0.0786. The fourth-order valence-corrected chi connectivity index (χ4v) is 5.31. The van der Waals surface area contributed by atoms with Crippen LogP contribution in [0.15, 0.2) is 30.3 Å². The average molecular weight is 584 g/mol. The Hall–Kier alpha value is -3.77. The van der Waals surface area contributed by atoms with Crippen molar-refractivity contribution in [3.63, 3.8) is 0 Å². The molecule has 0 unspecified atom stereocenters. The molecular weight excluding hydrogens is 549 g/mol. The molecule has 0 spiro atoms. The van der Waals surface area contributed by atoms with E-state index in [1.807, 2.05) is 13.0 Å². The third-order valence-corrected chi connectivity index (χ3v) is 7.69. The van der Waals surface area contributed by atoms with E-state index in [1.165, 1.54) is 16.8 Å². The Kier molecular flexibility index (Phi) is 8.69. The van der Waals surface area contributed by atoms with E-state index in [1.54, 1.807) is 17.9 Å². The number of likely N-dealkylation sites (N-methyl/N-ethyl adjacent to an activating group) is 1. The van der Waals surface area contributed by atoms with Gasteiger partial charge in [0.2, 0.25) is 11.9 Å². The van der Waals surface area contributed by atoms with E-state index < -0.39 is 5.82 Å². The van der Waals surface area contributed by atoms with E-state index >= 15 is 0 Å². The molecule has 3 aromatic rings. The molecule has 2 N–H and O–H groups in total. The molecule has 1 amide bonds. The minimum atomic E-state index is -0.634. The minimum Gasteiger partial charge on any atom is -0.354 e. The highest BCUT2D eigenvalue weighted by atomic mass is 35.5. The van der Waals surface area contributed by atoms with Crippen LogP contribution in [0.1, 0.15) is 47.5 Å². The van der Waals surface area contributed by atoms with Gasteiger partial charge in [-0.1, -0.05) is 25.4 Å². The summed E-state index contributed by atoms with van der Waals surface area (Å²) in [5.41, 5.74) is 0.713. The molecule has 2 saturated heterocycles. The van der Waals surface area contributed by atoms with Crippen LogP contribution in [0.3, 0.4) is 0 Å². The van der Waals surface area contributed by atoms with Gasteiger partial charge in [0.05, 0.1) is 11.3 Å². The highest BCUT2D eigenvalue weighted by molar-refractivity contribution is 6.30. The molecule has 2 aromatic heterocycles. The number of nitrogens with zero attached hydrogens (tertiary/aromatic N) is 7. The second kappa shape index (κ2) is 12.4. The largest absolute Gasteiger partial charge is 0.354 e. The van der Waals surface area contributed by atoms with Crippen LogP contribution in [0.25, 0.3) is 0 Å². The number of carbonyl (C=O) groups is 2. The number of halogens is 2. The molecule has 1 aromatic carbocycles. The molecule has 0 aliphatic carbocycles. The summed E-state index contributed by atoms with van der Waals surface area (Å²) in [4.78, 5) is 41.2. The first-order valence-electron chi connectivity index (χ1n) is 14.0. The summed E-state index contributed by atoms with van der Waals surface area (Å²) in [6.07, 6.45) is 0.972. The van der Waals surface area contributed by atoms with Crippen molar-refractivity contribution in [2.75, 3.05) is 61.3 Å². The smallest absolute Gasteiger partial charge is 0.256 e. The maximum Gasteiger partial charge on any atom is 0.256 e. The van der Waals surface area contributed by atoms with Gasteiger partial charge in [0, 0.05) is 68.9 Å². The van der Waals surface area contributed by atoms with E-state index in [-0.39, 0.29) is 28.4 Å². The van der Waals surface area contributed by atoms with Gasteiger partial charge in [-0.2, -0.15) is 19.7 Å². The van der Waals surface area contributed by atoms with Crippen molar-refractivity contribution in [1.82, 2.24) is 29.5 Å². The number of carbonyl (C=O) groups excluding carboxylic acids is 2. The normalized spacial score (nSPS) is 17.6. The maximum atomic E-state index is 14.4. The number of hydrogen-bond donors (Lipinski definition) is 2. The number of anilines is 4. The Morgan fingerprint density at radius 2 is 1.85 bits per heavy atom. The molecule has 41 heavy (non-hydrogen) atoms. The van der Waals surface area contributed by atoms with Crippen molar-refractivity contribution >= 4 is 46.8 Å². The predicted molar refractivity (Wildman–Crippen MR) is 157 cm³/mol. The van der Waals surface area contributed by atoms with Crippen molar-refractivity contribution in [2.45, 2.75) is 39.7 Å². The molecule has 13 heteroatoms. The molecule has 2 aliphatic rings. The summed E-state index contributed by atoms with van der Waals surface area (Å²) in [6.45, 7) is 11.2. The zero-order chi connectivity index (χ0) is 29.1. The number of hydrogen-bond acceptors (Lipinski definition) is 9. The third kappa shape index (κ3) is 6.59. The Labute approximate surface area is 243 Å². The Bertz CT molecular complexity index is 1420. The summed E-state index contributed by atoms with van der Waals surface area (Å²) in [5.74, 6) is 1.09. The highest BCUT2D eigenvalue weighted by Crippen LogP contribution is 2.26. The summed E-state index contributed by atoms with van der Waals surface area (Å²) < 4.78 is 15.7. The van der Waals surface area contributed by atoms with Crippen LogP contribution in [0.4, 0.5) is 27.8 Å². The second-order valence-corrected chi connectivity index (χ2v) is 10.8. The topological polar surface area (TPSA) is 112 Å². The van der Waals surface area contributed by atoms with Gasteiger partial charge in [0.1, 0.15) is 23.3 Å². The number of piperazine rings is 1. The zero-order valence-electron chi connectivity index (χ0n) is 23.5. The first-order chi connectivity index (χ1) is 19.7. The molecular formula is C28H35ClFN9O2. The number of likely N-dealkylation sites (tertiary alicyclic amines) is 1. The van der Waals surface area contributed by atoms with Gasteiger partial charge >= 0.3 is 0 Å². The fraction of sp³-hybridized carbons (Fsp3) is 0.464. The molecule has 11 nitrogen and oxygen atoms in total. The van der Waals surface area contributed by atoms with Crippen molar-refractivity contribution in [2.24, 2.45) is 0 Å². The number of nitrogens with one attached hydrogen (secondary N) is 2. The molecule has 1 atom stereocenters. The Morgan fingerprint density at radius 3 is 2.56 bits per heavy atom. The number of amides is 1. The lowest BCUT2D eigenvalue weighted by Crippen LogP contribution is -2.46. The van der Waals surface area contributed by atoms with Crippen molar-refractivity contribution in [1.29, 1.82) is 0 Å². The summed E-state index contributed by atoms with van der Waals surface area (Å²) in [5, 5.41) is 11.2. The molecule has 218 valence electrons. The third-order valence-electron chi connectivity index (χ3n) is 7.45. The predicted octanol–water partition coefficient (Wildman–Crippen LogP) is 4.04. The van der Waals surface area contributed by atoms with Crippen LogP contribution in [0, 0.1) is 12.7 Å². The van der Waals surface area contributed by atoms with Crippen LogP contribution >= 0.6 is 11.6 Å². The van der Waals surface area contributed by atoms with Crippen LogP contribution in [-0.2, 0) is 0 Å². The Balaban J connectivity index is 1.36. The number of benzene rings is 1. The van der Waals surface area contributed by atoms with Crippen LogP contribution in [0.2, 0.25) is 5.02 Å². The van der Waals surface area contributed by atoms with Gasteiger partial charge < -0.3 is 25.3 Å². The molecule has 2 fully saturated rings. The molecule has 5 rings (SSSR count). The number of rotatable bonds is 8. The average Bonchev–Trinajstić information content (AvgIpc) is 3.58. The standard InChI is InChI=1S/C28H35ClFN9O2/c1-4-26(40)39-25(14-18(3)35-39)32-23-16-24(37-12-10-36(5-2)11-13-37)34-28(33-23)31-20-8-9-38(17-20)27(41)21-7-6-19(29)15-22(21)30/h6-7,14-16,20H,4-5,8-13,17H2,1-3H3,(H2,31,32,33,34)/t20-/m0/s1. The molecule has 4 heterocycles. The molecule has 0 bridgehead atoms. The van der Waals surface area contributed by atoms with Gasteiger partial charge in [0.25, 0.3) is 5.91 Å². The first-order valence-corrected chi connectivity index (χ1v) is 14.4. The maximum absolute atomic E-state index is 14.4. The first kappa shape index (κ1) is 28.7. The van der Waals surface area contributed by atoms with Gasteiger partial charge in [-0.15, -0.1) is 0 Å². The summed E-state index contributed by atoms with van der Waals surface area (Å²) in [6, 6.07) is 7.64. The van der Waals surface area contributed by atoms with Crippen molar-refractivity contribution in [3.05, 3.63) is 52.4 Å². The molecule has 0 saturated carbocycles. The molecule has 2 aliphatic heterocycles. The summed E-state index contributed by atoms with van der Waals surface area (Å²) in [7, 11) is 0. The van der Waals surface area contributed by atoms with Gasteiger partial charge in [-0.3, -0.25) is 9.59 Å². The Morgan fingerprint density at radius 1 is 1.07 bits per heavy atom. The van der Waals surface area contributed by atoms with E-state index in [0.717, 1.165) is 44.6 Å². The SMILES string of the molecule is CCC(=O)n1nc(C)cc1Nc1cc(N2CCN(CC)CC2)nc(N[C@H]2CCN(C(=O)c3ccc(Cl)cc3F)C2)n1. The number of aryl methyl sites for hydroxylation is 1. The van der Waals surface area contributed by atoms with Crippen LogP contribution in [0.5, 0.6) is 0 Å². The minimum absolute atomic E-state index is 0.000429. The van der Waals surface area contributed by atoms with E-state index in [2.05, 4.69) is 32.5 Å². The zero-order valence-corrected chi connectivity index (χ0v) is 24.3. The van der Waals surface area contributed by atoms with Gasteiger partial charge in [-0.25, -0.2) is 4.39 Å². The number of aromatic nitrogens is 4. The van der Waals surface area contributed by atoms with Gasteiger partial charge in [-0.05, 0) is 38.1 Å². The second-order valence-electron chi connectivity index (χ2n) is 10.3.